The van der Waals surface area contributed by atoms with E-state index in [-0.39, 0.29) is 11.4 Å². The number of alkyl halides is 3. The topological polar surface area (TPSA) is 38.3 Å². The van der Waals surface area contributed by atoms with E-state index >= 15 is 0 Å². The third-order valence-corrected chi connectivity index (χ3v) is 4.97. The van der Waals surface area contributed by atoms with Crippen LogP contribution in [0.1, 0.15) is 18.9 Å². The number of ether oxygens (including phenoxy) is 1. The molecule has 0 heterocycles. The minimum atomic E-state index is -4.96. The third-order valence-electron chi connectivity index (χ3n) is 2.89. The molecule has 0 saturated heterocycles. The van der Waals surface area contributed by atoms with E-state index in [9.17, 15) is 18.0 Å². The molecule has 1 amide bonds. The zero-order valence-electron chi connectivity index (χ0n) is 13.5. The number of anilines is 1. The number of carbonyl (C=O) groups excluding carboxylic acids is 1. The van der Waals surface area contributed by atoms with Gasteiger partial charge in [-0.2, -0.15) is 23.2 Å². The van der Waals surface area contributed by atoms with Gasteiger partial charge >= 0.3 is 12.1 Å². The van der Waals surface area contributed by atoms with E-state index in [1.54, 1.807) is 6.07 Å². The van der Waals surface area contributed by atoms with E-state index in [1.807, 2.05) is 5.32 Å². The van der Waals surface area contributed by atoms with Crippen molar-refractivity contribution in [2.24, 2.45) is 0 Å². The molecule has 0 bridgehead atoms. The molecule has 3 nitrogen and oxygen atoms in total. The van der Waals surface area contributed by atoms with E-state index < -0.39 is 22.1 Å². The summed E-state index contributed by atoms with van der Waals surface area (Å²) in [5, 5.41) is 5.00. The smallest absolute Gasteiger partial charge is 0.471 e. The molecular weight excluding hydrogens is 327 g/mol. The van der Waals surface area contributed by atoms with Gasteiger partial charge in [0, 0.05) is 5.56 Å². The van der Waals surface area contributed by atoms with Crippen LogP contribution in [0.4, 0.5) is 18.9 Å². The first kappa shape index (κ1) is 19.2. The second kappa shape index (κ2) is 7.64. The molecule has 1 rings (SSSR count). The van der Waals surface area contributed by atoms with Gasteiger partial charge in [-0.1, -0.05) is 12.8 Å². The molecule has 0 aliphatic rings. The van der Waals surface area contributed by atoms with Crippen LogP contribution in [0.15, 0.2) is 18.2 Å². The first-order valence-electron chi connectivity index (χ1n) is 6.89. The van der Waals surface area contributed by atoms with E-state index in [4.69, 9.17) is 4.74 Å². The maximum atomic E-state index is 12.4. The molecular formula is C16H20F3NO2S. The van der Waals surface area contributed by atoms with Gasteiger partial charge in [-0.25, -0.2) is 0 Å². The number of carbonyl (C=O) groups is 1. The van der Waals surface area contributed by atoms with Crippen molar-refractivity contribution in [3.8, 4) is 16.9 Å². The van der Waals surface area contributed by atoms with Gasteiger partial charge in [0.05, 0.1) is 12.8 Å². The van der Waals surface area contributed by atoms with Crippen LogP contribution in [-0.2, 0) is 4.79 Å². The lowest BCUT2D eigenvalue weighted by atomic mass is 10.2. The maximum Gasteiger partial charge on any atom is 0.471 e. The van der Waals surface area contributed by atoms with Crippen molar-refractivity contribution in [3.05, 3.63) is 23.8 Å². The Morgan fingerprint density at radius 3 is 2.52 bits per heavy atom. The highest BCUT2D eigenvalue weighted by atomic mass is 32.3. The highest BCUT2D eigenvalue weighted by Crippen LogP contribution is 2.38. The first-order valence-corrected chi connectivity index (χ1v) is 9.51. The van der Waals surface area contributed by atoms with Gasteiger partial charge in [-0.3, -0.25) is 4.79 Å². The molecule has 7 heteroatoms. The summed E-state index contributed by atoms with van der Waals surface area (Å²) in [4.78, 5) is 11.1. The number of halogens is 3. The molecule has 0 radical (unpaired) electrons. The minimum absolute atomic E-state index is 0.0510. The number of amides is 1. The summed E-state index contributed by atoms with van der Waals surface area (Å²) < 4.78 is 42.1. The average molecular weight is 347 g/mol. The molecule has 1 N–H and O–H groups in total. The molecule has 0 spiro atoms. The van der Waals surface area contributed by atoms with E-state index in [2.05, 4.69) is 30.6 Å². The lowest BCUT2D eigenvalue weighted by Crippen LogP contribution is -2.30. The lowest BCUT2D eigenvalue weighted by Gasteiger charge is -2.22. The van der Waals surface area contributed by atoms with Gasteiger partial charge in [-0.15, -0.1) is 0 Å². The summed E-state index contributed by atoms with van der Waals surface area (Å²) in [6.45, 7) is 2.08. The van der Waals surface area contributed by atoms with Crippen molar-refractivity contribution >= 4 is 21.6 Å². The summed E-state index contributed by atoms with van der Waals surface area (Å²) in [6.07, 6.45) is 0.227. The standard InChI is InChI=1S/C16H20F3NO2S/c1-5-9-23(3,4)10-8-12-6-7-14(22-2)13(11-12)20-15(21)16(17,18)19/h6-7,11H,5,9H2,1-4H3,(H,20,21). The second-order valence-corrected chi connectivity index (χ2v) is 9.03. The predicted octanol–water partition coefficient (Wildman–Crippen LogP) is 3.98. The van der Waals surface area contributed by atoms with Crippen LogP contribution in [0.5, 0.6) is 5.75 Å². The van der Waals surface area contributed by atoms with Crippen LogP contribution in [0, 0.1) is 11.2 Å². The quantitative estimate of drug-likeness (QED) is 0.837. The van der Waals surface area contributed by atoms with Crippen LogP contribution in [-0.4, -0.2) is 37.5 Å². The van der Waals surface area contributed by atoms with Crippen molar-refractivity contribution in [2.45, 2.75) is 19.5 Å². The zero-order valence-corrected chi connectivity index (χ0v) is 14.3. The summed E-state index contributed by atoms with van der Waals surface area (Å²) in [6, 6.07) is 4.52. The number of nitrogens with one attached hydrogen (secondary N) is 1. The molecule has 0 aromatic heterocycles. The Balaban J connectivity index is 3.09. The maximum absolute atomic E-state index is 12.4. The number of hydrogen-bond donors (Lipinski definition) is 1. The van der Waals surface area contributed by atoms with E-state index in [1.165, 1.54) is 19.2 Å². The molecule has 23 heavy (non-hydrogen) atoms. The molecule has 128 valence electrons. The van der Waals surface area contributed by atoms with Gasteiger partial charge in [0.25, 0.3) is 0 Å². The Morgan fingerprint density at radius 1 is 1.35 bits per heavy atom. The fraction of sp³-hybridized carbons (Fsp3) is 0.438. The van der Waals surface area contributed by atoms with Gasteiger partial charge in [0.1, 0.15) is 5.75 Å². The molecule has 0 fully saturated rings. The van der Waals surface area contributed by atoms with Gasteiger partial charge in [0.2, 0.25) is 0 Å². The molecule has 1 aromatic rings. The normalized spacial score (nSPS) is 12.1. The molecule has 0 unspecified atom stereocenters. The number of rotatable bonds is 4. The monoisotopic (exact) mass is 347 g/mol. The van der Waals surface area contributed by atoms with Crippen molar-refractivity contribution < 1.29 is 22.7 Å². The van der Waals surface area contributed by atoms with Gasteiger partial charge in [-0.05, 0) is 48.1 Å². The van der Waals surface area contributed by atoms with Crippen molar-refractivity contribution in [1.29, 1.82) is 0 Å². The lowest BCUT2D eigenvalue weighted by molar-refractivity contribution is -0.167. The van der Waals surface area contributed by atoms with Crippen molar-refractivity contribution in [1.82, 2.24) is 0 Å². The minimum Gasteiger partial charge on any atom is -0.495 e. The van der Waals surface area contributed by atoms with Crippen molar-refractivity contribution in [2.75, 3.05) is 30.7 Å². The Morgan fingerprint density at radius 2 is 2.00 bits per heavy atom. The first-order chi connectivity index (χ1) is 10.6. The van der Waals surface area contributed by atoms with Crippen LogP contribution >= 0.6 is 10.0 Å². The highest BCUT2D eigenvalue weighted by Gasteiger charge is 2.39. The Bertz CT molecular complexity index is 630. The third kappa shape index (κ3) is 6.06. The molecule has 0 saturated carbocycles. The molecule has 1 aromatic carbocycles. The Labute approximate surface area is 135 Å². The zero-order chi connectivity index (χ0) is 17.7. The van der Waals surface area contributed by atoms with Crippen LogP contribution in [0.2, 0.25) is 0 Å². The SMILES string of the molecule is CCCS(C)(C)C#Cc1ccc(OC)c(NC(=O)C(F)(F)F)c1. The van der Waals surface area contributed by atoms with Crippen LogP contribution in [0.3, 0.4) is 0 Å². The predicted molar refractivity (Wildman–Crippen MR) is 89.2 cm³/mol. The molecule has 0 atom stereocenters. The Hall–Kier alpha value is -1.81. The second-order valence-electron chi connectivity index (χ2n) is 5.34. The van der Waals surface area contributed by atoms with Crippen LogP contribution < -0.4 is 10.1 Å². The summed E-state index contributed by atoms with van der Waals surface area (Å²) in [5.74, 6) is 2.07. The number of methoxy groups -OCH3 is 1. The fourth-order valence-electron chi connectivity index (χ4n) is 1.84. The van der Waals surface area contributed by atoms with Crippen LogP contribution in [0.25, 0.3) is 0 Å². The van der Waals surface area contributed by atoms with Gasteiger partial charge in [0.15, 0.2) is 0 Å². The average Bonchev–Trinajstić information content (AvgIpc) is 2.44. The highest BCUT2D eigenvalue weighted by molar-refractivity contribution is 8.36. The van der Waals surface area contributed by atoms with E-state index in [0.29, 0.717) is 5.56 Å². The number of benzene rings is 1. The van der Waals surface area contributed by atoms with Crippen molar-refractivity contribution in [3.63, 3.8) is 0 Å². The molecule has 0 aliphatic carbocycles. The Kier molecular flexibility index (Phi) is 6.39. The number of hydrogen-bond acceptors (Lipinski definition) is 2. The summed E-state index contributed by atoms with van der Waals surface area (Å²) in [5.41, 5.74) is 0.477. The van der Waals surface area contributed by atoms with Gasteiger partial charge < -0.3 is 10.1 Å². The molecule has 0 aliphatic heterocycles. The van der Waals surface area contributed by atoms with E-state index in [0.717, 1.165) is 12.2 Å². The largest absolute Gasteiger partial charge is 0.495 e. The summed E-state index contributed by atoms with van der Waals surface area (Å²) in [7, 11) is 0.254. The summed E-state index contributed by atoms with van der Waals surface area (Å²) >= 11 is 0. The fourth-order valence-corrected chi connectivity index (χ4v) is 3.35.